The molecular weight excluding hydrogens is 605 g/mol. The quantitative estimate of drug-likeness (QED) is 0.161. The summed E-state index contributed by atoms with van der Waals surface area (Å²) in [6.45, 7) is 3.07. The van der Waals surface area contributed by atoms with E-state index < -0.39 is 12.6 Å². The normalized spacial score (nSPS) is 16.2. The number of carboxylic acids is 1. The van der Waals surface area contributed by atoms with Gasteiger partial charge in [0, 0.05) is 55.3 Å². The second-order valence-corrected chi connectivity index (χ2v) is 10.8. The number of nitrogens with one attached hydrogen (secondary N) is 3. The molecule has 0 aliphatic carbocycles. The van der Waals surface area contributed by atoms with E-state index in [1.807, 2.05) is 23.4 Å². The van der Waals surface area contributed by atoms with Crippen LogP contribution in [-0.2, 0) is 41.6 Å². The Kier molecular flexibility index (Phi) is 12.5. The number of benzene rings is 1. The van der Waals surface area contributed by atoms with Crippen molar-refractivity contribution in [2.75, 3.05) is 65.9 Å². The third-order valence-corrected chi connectivity index (χ3v) is 7.90. The summed E-state index contributed by atoms with van der Waals surface area (Å²) in [7, 11) is 0. The molecule has 0 radical (unpaired) electrons. The van der Waals surface area contributed by atoms with Crippen molar-refractivity contribution in [1.29, 1.82) is 0 Å². The van der Waals surface area contributed by atoms with Crippen LogP contribution in [0.1, 0.15) is 35.7 Å². The highest BCUT2D eigenvalue weighted by molar-refractivity contribution is 6.45. The highest BCUT2D eigenvalue weighted by Gasteiger charge is 2.29. The fraction of sp³-hybridized carbons (Fsp3) is 0.536. The smallest absolute Gasteiger partial charge is 0.305 e. The lowest BCUT2D eigenvalue weighted by atomic mass is 9.96. The van der Waals surface area contributed by atoms with Crippen LogP contribution in [0.3, 0.4) is 0 Å². The van der Waals surface area contributed by atoms with Crippen molar-refractivity contribution in [1.82, 2.24) is 25.6 Å². The summed E-state index contributed by atoms with van der Waals surface area (Å²) in [4.78, 5) is 39.8. The topological polar surface area (TPSA) is 166 Å². The Morgan fingerprint density at radius 1 is 1.05 bits per heavy atom. The number of amides is 2. The van der Waals surface area contributed by atoms with Gasteiger partial charge in [0.25, 0.3) is 0 Å². The summed E-state index contributed by atoms with van der Waals surface area (Å²) in [5, 5.41) is 24.4. The Morgan fingerprint density at radius 2 is 1.74 bits per heavy atom. The molecule has 4 rings (SSSR count). The predicted molar refractivity (Wildman–Crippen MR) is 159 cm³/mol. The second-order valence-electron chi connectivity index (χ2n) is 10.0. The van der Waals surface area contributed by atoms with E-state index in [1.165, 1.54) is 0 Å². The van der Waals surface area contributed by atoms with E-state index in [0.29, 0.717) is 69.1 Å². The van der Waals surface area contributed by atoms with Crippen LogP contribution in [0.5, 0.6) is 0 Å². The SMILES string of the molecule is O=C(O)CCOCCOCCOCCC(=O)NCCN1C=CC(c2cc(Cl)c(Cl)c3[nH]c4c(c23)CN(C(=O)CO)CC4)N1. The van der Waals surface area contributed by atoms with Gasteiger partial charge in [-0.3, -0.25) is 14.4 Å². The standard InChI is InChI=1S/C28H37Cl2N5O8/c29-20-15-18(26-19-16-34(24(38)17-36)6-1-21(19)32-28(26)27(20)30)22-2-7-35(33-22)8-5-31-23(37)3-9-41-11-13-43-14-12-42-10-4-25(39)40/h2,7,15,22,32-33,36H,1,3-6,8-14,16-17H2,(H,31,37)(H,39,40). The number of carboxylic acid groups (broad SMARTS) is 1. The van der Waals surface area contributed by atoms with E-state index >= 15 is 0 Å². The Bertz CT molecular complexity index is 1320. The van der Waals surface area contributed by atoms with E-state index in [1.54, 1.807) is 4.90 Å². The number of aliphatic hydroxyl groups excluding tert-OH is 1. The molecule has 2 aromatic rings. The molecule has 1 aromatic heterocycles. The summed E-state index contributed by atoms with van der Waals surface area (Å²) in [6, 6.07) is 1.63. The number of ether oxygens (including phenoxy) is 3. The first-order valence-electron chi connectivity index (χ1n) is 14.1. The molecule has 2 aliphatic heterocycles. The van der Waals surface area contributed by atoms with Gasteiger partial charge < -0.3 is 44.6 Å². The monoisotopic (exact) mass is 641 g/mol. The van der Waals surface area contributed by atoms with E-state index in [0.717, 1.165) is 27.7 Å². The van der Waals surface area contributed by atoms with Gasteiger partial charge in [0.2, 0.25) is 11.8 Å². The number of carbonyl (C=O) groups is 3. The van der Waals surface area contributed by atoms with Crippen molar-refractivity contribution in [2.24, 2.45) is 0 Å². The zero-order valence-corrected chi connectivity index (χ0v) is 25.2. The number of H-pyrrole nitrogens is 1. The zero-order valence-electron chi connectivity index (χ0n) is 23.7. The molecule has 0 bridgehead atoms. The maximum Gasteiger partial charge on any atom is 0.305 e. The van der Waals surface area contributed by atoms with Crippen molar-refractivity contribution >= 4 is 51.9 Å². The molecule has 43 heavy (non-hydrogen) atoms. The fourth-order valence-electron chi connectivity index (χ4n) is 4.97. The molecule has 15 heteroatoms. The molecule has 1 atom stereocenters. The van der Waals surface area contributed by atoms with Gasteiger partial charge in [0.05, 0.1) is 74.2 Å². The fourth-order valence-corrected chi connectivity index (χ4v) is 5.37. The van der Waals surface area contributed by atoms with Gasteiger partial charge in [-0.05, 0) is 17.7 Å². The number of aliphatic carboxylic acids is 1. The van der Waals surface area contributed by atoms with E-state index in [4.69, 9.17) is 42.5 Å². The Labute approximate surface area is 259 Å². The molecule has 0 fully saturated rings. The van der Waals surface area contributed by atoms with Gasteiger partial charge in [-0.15, -0.1) is 0 Å². The lowest BCUT2D eigenvalue weighted by molar-refractivity contribution is -0.138. The first kappa shape index (κ1) is 33.0. The molecule has 0 saturated heterocycles. The highest BCUT2D eigenvalue weighted by Crippen LogP contribution is 2.41. The minimum atomic E-state index is -0.901. The first-order valence-corrected chi connectivity index (χ1v) is 14.9. The number of aromatic amines is 1. The van der Waals surface area contributed by atoms with Gasteiger partial charge in [-0.1, -0.05) is 23.2 Å². The number of fused-ring (bicyclic) bond motifs is 3. The van der Waals surface area contributed by atoms with Crippen molar-refractivity contribution in [3.8, 4) is 0 Å². The van der Waals surface area contributed by atoms with Gasteiger partial charge in [0.15, 0.2) is 0 Å². The Hall–Kier alpha value is -2.91. The minimum Gasteiger partial charge on any atom is -0.481 e. The van der Waals surface area contributed by atoms with Crippen molar-refractivity contribution in [3.63, 3.8) is 0 Å². The molecule has 0 spiro atoms. The molecule has 2 aliphatic rings. The number of hydrogen-bond donors (Lipinski definition) is 5. The average molecular weight is 643 g/mol. The number of hydrogen-bond acceptors (Lipinski definition) is 9. The van der Waals surface area contributed by atoms with Crippen LogP contribution >= 0.6 is 23.2 Å². The highest BCUT2D eigenvalue weighted by atomic mass is 35.5. The van der Waals surface area contributed by atoms with E-state index in [2.05, 4.69) is 15.7 Å². The van der Waals surface area contributed by atoms with Crippen LogP contribution in [0, 0.1) is 0 Å². The molecule has 5 N–H and O–H groups in total. The van der Waals surface area contributed by atoms with Crippen LogP contribution in [0.15, 0.2) is 18.3 Å². The molecular formula is C28H37Cl2N5O8. The molecule has 1 aromatic carbocycles. The number of halogens is 2. The van der Waals surface area contributed by atoms with E-state index in [9.17, 15) is 19.5 Å². The number of rotatable bonds is 17. The number of nitrogens with zero attached hydrogens (tertiary/aromatic N) is 2. The first-order chi connectivity index (χ1) is 20.8. The molecule has 1 unspecified atom stereocenters. The van der Waals surface area contributed by atoms with Crippen molar-refractivity contribution in [3.05, 3.63) is 45.2 Å². The molecule has 2 amide bonds. The van der Waals surface area contributed by atoms with Crippen LogP contribution in [-0.4, -0.2) is 109 Å². The molecule has 13 nitrogen and oxygen atoms in total. The summed E-state index contributed by atoms with van der Waals surface area (Å²) in [5.74, 6) is -1.34. The second kappa shape index (κ2) is 16.2. The van der Waals surface area contributed by atoms with Crippen molar-refractivity contribution < 1.29 is 38.8 Å². The van der Waals surface area contributed by atoms with E-state index in [-0.39, 0.29) is 43.9 Å². The molecule has 3 heterocycles. The average Bonchev–Trinajstić information content (AvgIpc) is 3.62. The summed E-state index contributed by atoms with van der Waals surface area (Å²) < 4.78 is 15.9. The zero-order chi connectivity index (χ0) is 30.8. The molecule has 236 valence electrons. The maximum absolute atomic E-state index is 12.2. The summed E-state index contributed by atoms with van der Waals surface area (Å²) >= 11 is 13.1. The van der Waals surface area contributed by atoms with Gasteiger partial charge in [-0.2, -0.15) is 0 Å². The van der Waals surface area contributed by atoms with Gasteiger partial charge >= 0.3 is 5.97 Å². The summed E-state index contributed by atoms with van der Waals surface area (Å²) in [6.07, 6.45) is 4.71. The number of carbonyl (C=O) groups excluding carboxylic acids is 2. The third-order valence-electron chi connectivity index (χ3n) is 7.11. The lowest BCUT2D eigenvalue weighted by Gasteiger charge is -2.27. The number of aromatic nitrogens is 1. The summed E-state index contributed by atoms with van der Waals surface area (Å²) in [5.41, 5.74) is 7.02. The van der Waals surface area contributed by atoms with Gasteiger partial charge in [-0.25, -0.2) is 5.43 Å². The number of aliphatic hydroxyl groups is 1. The Morgan fingerprint density at radius 3 is 2.44 bits per heavy atom. The van der Waals surface area contributed by atoms with Crippen LogP contribution < -0.4 is 10.7 Å². The van der Waals surface area contributed by atoms with Gasteiger partial charge in [0.1, 0.15) is 6.61 Å². The largest absolute Gasteiger partial charge is 0.481 e. The third kappa shape index (κ3) is 9.05. The lowest BCUT2D eigenvalue weighted by Crippen LogP contribution is -2.38. The Balaban J connectivity index is 1.18. The van der Waals surface area contributed by atoms with Crippen LogP contribution in [0.4, 0.5) is 0 Å². The maximum atomic E-state index is 12.2. The molecule has 0 saturated carbocycles. The van der Waals surface area contributed by atoms with Crippen LogP contribution in [0.25, 0.3) is 10.9 Å². The van der Waals surface area contributed by atoms with Crippen molar-refractivity contribution in [2.45, 2.75) is 31.8 Å². The van der Waals surface area contributed by atoms with Crippen LogP contribution in [0.2, 0.25) is 10.0 Å². The predicted octanol–water partition coefficient (Wildman–Crippen LogP) is 1.76. The number of hydrazine groups is 1. The minimum absolute atomic E-state index is 0.0361.